The van der Waals surface area contributed by atoms with Gasteiger partial charge < -0.3 is 29.3 Å². The van der Waals surface area contributed by atoms with Gasteiger partial charge in [0, 0.05) is 19.5 Å². The van der Waals surface area contributed by atoms with E-state index in [1.54, 1.807) is 0 Å². The highest BCUT2D eigenvalue weighted by Gasteiger charge is 2.56. The fourth-order valence-electron chi connectivity index (χ4n) is 6.11. The quantitative estimate of drug-likeness (QED) is 0.218. The maximum absolute atomic E-state index is 14.1. The third-order valence-electron chi connectivity index (χ3n) is 8.55. The van der Waals surface area contributed by atoms with Crippen molar-refractivity contribution < 1.29 is 38.2 Å². The van der Waals surface area contributed by atoms with Crippen LogP contribution in [0, 0.1) is 0 Å². The first-order valence-corrected chi connectivity index (χ1v) is 15.8. The summed E-state index contributed by atoms with van der Waals surface area (Å²) < 4.78 is 16.3. The molecule has 0 unspecified atom stereocenters. The van der Waals surface area contributed by atoms with E-state index in [9.17, 15) is 24.0 Å². The van der Waals surface area contributed by atoms with Gasteiger partial charge in [-0.3, -0.25) is 14.4 Å². The third-order valence-corrected chi connectivity index (χ3v) is 8.55. The number of nitrogens with zero attached hydrogens (tertiary/aromatic N) is 2. The second-order valence-electron chi connectivity index (χ2n) is 11.6. The van der Waals surface area contributed by atoms with Gasteiger partial charge in [-0.25, -0.2) is 9.59 Å². The van der Waals surface area contributed by atoms with E-state index in [2.05, 4.69) is 5.32 Å². The number of hydrogen-bond acceptors (Lipinski definition) is 8. The summed E-state index contributed by atoms with van der Waals surface area (Å²) in [6.45, 7) is 0.382. The number of alkyl carbamates (subject to hydrolysis) is 1. The largest absolute Gasteiger partial charge is 0.461 e. The highest BCUT2D eigenvalue weighted by Crippen LogP contribution is 2.40. The van der Waals surface area contributed by atoms with Crippen molar-refractivity contribution in [3.8, 4) is 0 Å². The molecule has 2 aliphatic rings. The first kappa shape index (κ1) is 33.2. The standard InChI is InChI=1S/C36H39N3O8/c40-31(23-37-35(44)47-26-29-15-8-3-9-16-29)39-21-10-19-36(39)20-22-38(34(36)43)30(33(42)46-25-28-13-6-2-7-14-28)17-18-32(41)45-24-27-11-4-1-5-12-27/h1-9,11-16,30H,10,17-26H2,(H,37,44)/t30-,36+/m0/s1. The predicted octanol–water partition coefficient (Wildman–Crippen LogP) is 4.14. The van der Waals surface area contributed by atoms with Gasteiger partial charge in [0.25, 0.3) is 0 Å². The second-order valence-corrected chi connectivity index (χ2v) is 11.6. The summed E-state index contributed by atoms with van der Waals surface area (Å²) in [5.74, 6) is -1.91. The van der Waals surface area contributed by atoms with Crippen molar-refractivity contribution in [2.45, 2.75) is 63.5 Å². The molecule has 47 heavy (non-hydrogen) atoms. The molecule has 0 aliphatic carbocycles. The minimum Gasteiger partial charge on any atom is -0.461 e. The lowest BCUT2D eigenvalue weighted by Gasteiger charge is -2.34. The van der Waals surface area contributed by atoms with E-state index >= 15 is 0 Å². The SMILES string of the molecule is O=C(CC[C@@H](C(=O)OCc1ccccc1)N1CC[C@]2(CCCN2C(=O)CNC(=O)OCc2ccccc2)C1=O)OCc1ccccc1. The normalized spacial score (nSPS) is 17.7. The molecule has 0 radical (unpaired) electrons. The fraction of sp³-hybridized carbons (Fsp3) is 0.361. The Hall–Kier alpha value is -5.19. The maximum Gasteiger partial charge on any atom is 0.407 e. The topological polar surface area (TPSA) is 132 Å². The van der Waals surface area contributed by atoms with E-state index in [0.29, 0.717) is 25.8 Å². The highest BCUT2D eigenvalue weighted by atomic mass is 16.5. The molecule has 3 amide bonds. The van der Waals surface area contributed by atoms with Crippen LogP contribution in [0.15, 0.2) is 91.0 Å². The number of amides is 3. The summed E-state index contributed by atoms with van der Waals surface area (Å²) in [7, 11) is 0. The zero-order chi connectivity index (χ0) is 33.1. The molecule has 11 heteroatoms. The van der Waals surface area contributed by atoms with Gasteiger partial charge in [-0.2, -0.15) is 0 Å². The average molecular weight is 642 g/mol. The molecular formula is C36H39N3O8. The monoisotopic (exact) mass is 641 g/mol. The molecule has 5 rings (SSSR count). The molecule has 2 fully saturated rings. The molecular weight excluding hydrogens is 602 g/mol. The molecule has 0 saturated carbocycles. The van der Waals surface area contributed by atoms with E-state index in [4.69, 9.17) is 14.2 Å². The van der Waals surface area contributed by atoms with E-state index in [-0.39, 0.29) is 51.7 Å². The van der Waals surface area contributed by atoms with Gasteiger partial charge in [-0.1, -0.05) is 91.0 Å². The molecule has 2 heterocycles. The van der Waals surface area contributed by atoms with Gasteiger partial charge in [0.1, 0.15) is 37.9 Å². The number of nitrogens with one attached hydrogen (secondary N) is 1. The van der Waals surface area contributed by atoms with Crippen LogP contribution in [0.3, 0.4) is 0 Å². The van der Waals surface area contributed by atoms with E-state index in [1.807, 2.05) is 91.0 Å². The molecule has 2 saturated heterocycles. The van der Waals surface area contributed by atoms with Gasteiger partial charge in [0.15, 0.2) is 0 Å². The van der Waals surface area contributed by atoms with Crippen LogP contribution in [0.25, 0.3) is 0 Å². The molecule has 2 atom stereocenters. The molecule has 3 aromatic carbocycles. The Kier molecular flexibility index (Phi) is 11.2. The summed E-state index contributed by atoms with van der Waals surface area (Å²) in [5.41, 5.74) is 1.29. The van der Waals surface area contributed by atoms with Crippen molar-refractivity contribution in [3.63, 3.8) is 0 Å². The minimum atomic E-state index is -1.14. The lowest BCUT2D eigenvalue weighted by molar-refractivity contribution is -0.158. The van der Waals surface area contributed by atoms with E-state index in [1.165, 1.54) is 9.80 Å². The Morgan fingerprint density at radius 3 is 1.87 bits per heavy atom. The number of rotatable bonds is 13. The van der Waals surface area contributed by atoms with Crippen LogP contribution in [0.2, 0.25) is 0 Å². The molecule has 3 aromatic rings. The van der Waals surface area contributed by atoms with Crippen LogP contribution >= 0.6 is 0 Å². The fourth-order valence-corrected chi connectivity index (χ4v) is 6.11. The summed E-state index contributed by atoms with van der Waals surface area (Å²) in [5, 5.41) is 2.49. The van der Waals surface area contributed by atoms with E-state index < -0.39 is 35.5 Å². The molecule has 0 aromatic heterocycles. The number of esters is 2. The average Bonchev–Trinajstić information content (AvgIpc) is 3.69. The Bertz CT molecular complexity index is 1540. The van der Waals surface area contributed by atoms with Crippen molar-refractivity contribution in [2.75, 3.05) is 19.6 Å². The smallest absolute Gasteiger partial charge is 0.407 e. The van der Waals surface area contributed by atoms with E-state index in [0.717, 1.165) is 16.7 Å². The Labute approximate surface area is 273 Å². The van der Waals surface area contributed by atoms with Crippen molar-refractivity contribution >= 4 is 29.8 Å². The molecule has 2 aliphatic heterocycles. The molecule has 1 spiro atoms. The number of likely N-dealkylation sites (tertiary alicyclic amines) is 2. The number of ether oxygens (including phenoxy) is 3. The molecule has 246 valence electrons. The first-order valence-electron chi connectivity index (χ1n) is 15.8. The number of carbonyl (C=O) groups excluding carboxylic acids is 5. The zero-order valence-electron chi connectivity index (χ0n) is 26.2. The lowest BCUT2D eigenvalue weighted by atomic mass is 9.94. The van der Waals surface area contributed by atoms with Crippen LogP contribution in [0.5, 0.6) is 0 Å². The second kappa shape index (κ2) is 15.9. The van der Waals surface area contributed by atoms with Gasteiger partial charge >= 0.3 is 18.0 Å². The summed E-state index contributed by atoms with van der Waals surface area (Å²) in [4.78, 5) is 68.9. The number of hydrogen-bond donors (Lipinski definition) is 1. The summed E-state index contributed by atoms with van der Waals surface area (Å²) in [6, 6.07) is 26.6. The number of benzene rings is 3. The van der Waals surface area contributed by atoms with Crippen molar-refractivity contribution in [3.05, 3.63) is 108 Å². The zero-order valence-corrected chi connectivity index (χ0v) is 26.2. The van der Waals surface area contributed by atoms with Crippen LogP contribution in [0.4, 0.5) is 4.79 Å². The van der Waals surface area contributed by atoms with Crippen molar-refractivity contribution in [2.24, 2.45) is 0 Å². The van der Waals surface area contributed by atoms with Crippen LogP contribution in [-0.2, 0) is 53.2 Å². The summed E-state index contributed by atoms with van der Waals surface area (Å²) in [6.07, 6.45) is 0.501. The minimum absolute atomic E-state index is 0.00578. The summed E-state index contributed by atoms with van der Waals surface area (Å²) >= 11 is 0. The number of carbonyl (C=O) groups is 5. The molecule has 11 nitrogen and oxygen atoms in total. The Morgan fingerprint density at radius 2 is 1.28 bits per heavy atom. The van der Waals surface area contributed by atoms with Crippen molar-refractivity contribution in [1.82, 2.24) is 15.1 Å². The van der Waals surface area contributed by atoms with Gasteiger partial charge in [0.05, 0.1) is 0 Å². The molecule has 1 N–H and O–H groups in total. The third kappa shape index (κ3) is 8.55. The molecule has 0 bridgehead atoms. The van der Waals surface area contributed by atoms with Crippen molar-refractivity contribution in [1.29, 1.82) is 0 Å². The van der Waals surface area contributed by atoms with Crippen LogP contribution in [-0.4, -0.2) is 70.9 Å². The lowest BCUT2D eigenvalue weighted by Crippen LogP contribution is -2.56. The first-order chi connectivity index (χ1) is 22.9. The van der Waals surface area contributed by atoms with Crippen LogP contribution in [0.1, 0.15) is 48.8 Å². The van der Waals surface area contributed by atoms with Crippen LogP contribution < -0.4 is 5.32 Å². The van der Waals surface area contributed by atoms with Gasteiger partial charge in [-0.15, -0.1) is 0 Å². The predicted molar refractivity (Wildman–Crippen MR) is 170 cm³/mol. The Morgan fingerprint density at radius 1 is 0.723 bits per heavy atom. The maximum atomic E-state index is 14.1. The Balaban J connectivity index is 1.21. The highest BCUT2D eigenvalue weighted by molar-refractivity contribution is 5.97. The van der Waals surface area contributed by atoms with Gasteiger partial charge in [0.2, 0.25) is 11.8 Å². The van der Waals surface area contributed by atoms with Gasteiger partial charge in [-0.05, 0) is 42.4 Å².